The lowest BCUT2D eigenvalue weighted by molar-refractivity contribution is -0.0883. The molecule has 3 saturated carbocycles. The number of fused-ring (bicyclic) bond motifs is 2. The molecule has 0 aromatic heterocycles. The second-order valence-electron chi connectivity index (χ2n) is 5.95. The summed E-state index contributed by atoms with van der Waals surface area (Å²) in [5, 5.41) is 3.88. The fourth-order valence-electron chi connectivity index (χ4n) is 3.65. The van der Waals surface area contributed by atoms with Gasteiger partial charge in [0.05, 0.1) is 0 Å². The van der Waals surface area contributed by atoms with Crippen molar-refractivity contribution in [1.29, 1.82) is 0 Å². The highest BCUT2D eigenvalue weighted by atomic mass is 32.2. The van der Waals surface area contributed by atoms with Crippen molar-refractivity contribution in [1.82, 2.24) is 5.32 Å². The van der Waals surface area contributed by atoms with E-state index in [-0.39, 0.29) is 0 Å². The van der Waals surface area contributed by atoms with E-state index in [0.717, 1.165) is 23.9 Å². The molecule has 14 heavy (non-hydrogen) atoms. The van der Waals surface area contributed by atoms with Crippen molar-refractivity contribution in [2.75, 3.05) is 11.5 Å². The lowest BCUT2D eigenvalue weighted by Crippen LogP contribution is -2.61. The highest BCUT2D eigenvalue weighted by Gasteiger charge is 2.54. The smallest absolute Gasteiger partial charge is 0.0251 e. The average molecular weight is 211 g/mol. The summed E-state index contributed by atoms with van der Waals surface area (Å²) in [5.74, 6) is 4.73. The van der Waals surface area contributed by atoms with Gasteiger partial charge in [-0.15, -0.1) is 0 Å². The molecule has 1 aliphatic heterocycles. The Labute approximate surface area is 91.4 Å². The molecular formula is C12H21NS. The molecule has 0 aromatic carbocycles. The summed E-state index contributed by atoms with van der Waals surface area (Å²) in [7, 11) is 0. The standard InChI is InChI=1S/C12H21NS/c1-12(2)8-3-4-11(10(12)5-8)13-9-6-14-7-9/h8-11,13H,3-7H2,1-2H3. The van der Waals surface area contributed by atoms with Crippen LogP contribution in [0, 0.1) is 17.3 Å². The van der Waals surface area contributed by atoms with Gasteiger partial charge in [0, 0.05) is 23.6 Å². The van der Waals surface area contributed by atoms with Gasteiger partial charge in [-0.3, -0.25) is 0 Å². The SMILES string of the molecule is CC1(C)C2CCC(NC3CSC3)C1C2. The Morgan fingerprint density at radius 1 is 1.21 bits per heavy atom. The molecule has 3 aliphatic carbocycles. The molecule has 3 unspecified atom stereocenters. The van der Waals surface area contributed by atoms with Crippen LogP contribution < -0.4 is 5.32 Å². The third-order valence-electron chi connectivity index (χ3n) is 4.95. The Morgan fingerprint density at radius 3 is 2.50 bits per heavy atom. The van der Waals surface area contributed by atoms with Crippen LogP contribution in [-0.2, 0) is 0 Å². The van der Waals surface area contributed by atoms with Gasteiger partial charge < -0.3 is 5.32 Å². The van der Waals surface area contributed by atoms with Gasteiger partial charge in [0.25, 0.3) is 0 Å². The van der Waals surface area contributed by atoms with Crippen molar-refractivity contribution in [2.45, 2.75) is 45.2 Å². The fraction of sp³-hybridized carbons (Fsp3) is 1.00. The summed E-state index contributed by atoms with van der Waals surface area (Å²) in [6.07, 6.45) is 4.42. The second kappa shape index (κ2) is 3.15. The van der Waals surface area contributed by atoms with Crippen LogP contribution >= 0.6 is 11.8 Å². The molecule has 4 fully saturated rings. The van der Waals surface area contributed by atoms with Gasteiger partial charge in [-0.2, -0.15) is 11.8 Å². The predicted octanol–water partition coefficient (Wildman–Crippen LogP) is 2.52. The van der Waals surface area contributed by atoms with Gasteiger partial charge in [-0.05, 0) is 36.5 Å². The lowest BCUT2D eigenvalue weighted by atomic mass is 9.47. The molecule has 4 aliphatic rings. The first-order valence-electron chi connectivity index (χ1n) is 6.01. The first-order chi connectivity index (χ1) is 6.68. The van der Waals surface area contributed by atoms with Crippen molar-refractivity contribution < 1.29 is 0 Å². The van der Waals surface area contributed by atoms with Gasteiger partial charge in [0.2, 0.25) is 0 Å². The summed E-state index contributed by atoms with van der Waals surface area (Å²) < 4.78 is 0. The van der Waals surface area contributed by atoms with E-state index >= 15 is 0 Å². The number of thioether (sulfide) groups is 1. The molecule has 80 valence electrons. The topological polar surface area (TPSA) is 12.0 Å². The maximum absolute atomic E-state index is 3.88. The van der Waals surface area contributed by atoms with E-state index in [9.17, 15) is 0 Å². The zero-order valence-electron chi connectivity index (χ0n) is 9.25. The van der Waals surface area contributed by atoms with Crippen LogP contribution in [0.15, 0.2) is 0 Å². The fourth-order valence-corrected chi connectivity index (χ4v) is 4.31. The molecule has 0 spiro atoms. The molecule has 3 atom stereocenters. The quantitative estimate of drug-likeness (QED) is 0.753. The molecule has 1 nitrogen and oxygen atoms in total. The maximum Gasteiger partial charge on any atom is 0.0251 e. The molecule has 1 N–H and O–H groups in total. The Balaban J connectivity index is 1.63. The molecule has 1 saturated heterocycles. The van der Waals surface area contributed by atoms with E-state index in [0.29, 0.717) is 5.41 Å². The Hall–Kier alpha value is 0.310. The van der Waals surface area contributed by atoms with E-state index in [2.05, 4.69) is 30.9 Å². The zero-order valence-corrected chi connectivity index (χ0v) is 10.1. The van der Waals surface area contributed by atoms with E-state index < -0.39 is 0 Å². The monoisotopic (exact) mass is 211 g/mol. The molecular weight excluding hydrogens is 190 g/mol. The molecule has 1 heterocycles. The van der Waals surface area contributed by atoms with Crippen LogP contribution in [0.3, 0.4) is 0 Å². The molecule has 0 aromatic rings. The molecule has 2 heteroatoms. The Bertz CT molecular complexity index is 232. The minimum Gasteiger partial charge on any atom is -0.309 e. The van der Waals surface area contributed by atoms with Crippen LogP contribution in [0.1, 0.15) is 33.1 Å². The van der Waals surface area contributed by atoms with Gasteiger partial charge in [0.15, 0.2) is 0 Å². The zero-order chi connectivity index (χ0) is 9.76. The first-order valence-corrected chi connectivity index (χ1v) is 7.17. The molecule has 0 radical (unpaired) electrons. The minimum atomic E-state index is 0.646. The molecule has 4 rings (SSSR count). The number of hydrogen-bond acceptors (Lipinski definition) is 2. The highest BCUT2D eigenvalue weighted by molar-refractivity contribution is 8.00. The third-order valence-corrected chi connectivity index (χ3v) is 6.22. The Morgan fingerprint density at radius 2 is 2.00 bits per heavy atom. The van der Waals surface area contributed by atoms with Crippen LogP contribution in [0.2, 0.25) is 0 Å². The van der Waals surface area contributed by atoms with Crippen molar-refractivity contribution in [3.8, 4) is 0 Å². The summed E-state index contributed by atoms with van der Waals surface area (Å²) in [4.78, 5) is 0. The van der Waals surface area contributed by atoms with E-state index in [4.69, 9.17) is 0 Å². The van der Waals surface area contributed by atoms with Crippen LogP contribution in [0.5, 0.6) is 0 Å². The third kappa shape index (κ3) is 1.26. The van der Waals surface area contributed by atoms with Crippen molar-refractivity contribution in [2.24, 2.45) is 17.3 Å². The summed E-state index contributed by atoms with van der Waals surface area (Å²) >= 11 is 2.09. The average Bonchev–Trinajstić information content (AvgIpc) is 2.11. The minimum absolute atomic E-state index is 0.646. The van der Waals surface area contributed by atoms with Gasteiger partial charge in [-0.25, -0.2) is 0 Å². The van der Waals surface area contributed by atoms with Crippen molar-refractivity contribution in [3.05, 3.63) is 0 Å². The summed E-state index contributed by atoms with van der Waals surface area (Å²) in [6, 6.07) is 1.69. The molecule has 2 bridgehead atoms. The Kier molecular flexibility index (Phi) is 2.14. The second-order valence-corrected chi connectivity index (χ2v) is 7.02. The maximum atomic E-state index is 3.88. The van der Waals surface area contributed by atoms with Crippen LogP contribution in [0.25, 0.3) is 0 Å². The number of rotatable bonds is 2. The largest absolute Gasteiger partial charge is 0.309 e. The normalized spacial score (nSPS) is 45.4. The van der Waals surface area contributed by atoms with Crippen molar-refractivity contribution >= 4 is 11.8 Å². The van der Waals surface area contributed by atoms with E-state index in [1.165, 1.54) is 30.8 Å². The van der Waals surface area contributed by atoms with Gasteiger partial charge >= 0.3 is 0 Å². The predicted molar refractivity (Wildman–Crippen MR) is 62.6 cm³/mol. The van der Waals surface area contributed by atoms with Crippen molar-refractivity contribution in [3.63, 3.8) is 0 Å². The lowest BCUT2D eigenvalue weighted by Gasteiger charge is -2.60. The van der Waals surface area contributed by atoms with Crippen LogP contribution in [-0.4, -0.2) is 23.6 Å². The van der Waals surface area contributed by atoms with Gasteiger partial charge in [-0.1, -0.05) is 13.8 Å². The van der Waals surface area contributed by atoms with E-state index in [1.54, 1.807) is 0 Å². The number of hydrogen-bond donors (Lipinski definition) is 1. The first kappa shape index (κ1) is 9.53. The van der Waals surface area contributed by atoms with Gasteiger partial charge in [0.1, 0.15) is 0 Å². The van der Waals surface area contributed by atoms with Crippen LogP contribution in [0.4, 0.5) is 0 Å². The highest BCUT2D eigenvalue weighted by Crippen LogP contribution is 2.59. The number of nitrogens with one attached hydrogen (secondary N) is 1. The molecule has 0 amide bonds. The summed E-state index contributed by atoms with van der Waals surface area (Å²) in [5.41, 5.74) is 0.646. The summed E-state index contributed by atoms with van der Waals surface area (Å²) in [6.45, 7) is 4.96. The van der Waals surface area contributed by atoms with E-state index in [1.807, 2.05) is 0 Å².